The molecule has 0 saturated carbocycles. The van der Waals surface area contributed by atoms with Gasteiger partial charge in [-0.25, -0.2) is 13.2 Å². The van der Waals surface area contributed by atoms with Gasteiger partial charge in [0, 0.05) is 12.7 Å². The first kappa shape index (κ1) is 15.7. The number of anilines is 4. The molecule has 8 heteroatoms. The van der Waals surface area contributed by atoms with E-state index < -0.39 is 17.5 Å². The van der Waals surface area contributed by atoms with Gasteiger partial charge in [-0.2, -0.15) is 10.1 Å². The summed E-state index contributed by atoms with van der Waals surface area (Å²) in [6.07, 6.45) is 1.43. The molecule has 0 amide bonds. The van der Waals surface area contributed by atoms with Crippen molar-refractivity contribution in [1.82, 2.24) is 15.2 Å². The van der Waals surface area contributed by atoms with E-state index in [1.54, 1.807) is 11.9 Å². The van der Waals surface area contributed by atoms with Crippen LogP contribution < -0.4 is 10.2 Å². The average molecular weight is 331 g/mol. The van der Waals surface area contributed by atoms with Crippen LogP contribution in [0.3, 0.4) is 0 Å². The largest absolute Gasteiger partial charge is 0.328 e. The maximum Gasteiger partial charge on any atom is 0.249 e. The number of hydrogen-bond acceptors (Lipinski definition) is 5. The summed E-state index contributed by atoms with van der Waals surface area (Å²) in [5.41, 5.74) is 0.582. The average Bonchev–Trinajstić information content (AvgIpc) is 2.62. The van der Waals surface area contributed by atoms with E-state index in [2.05, 4.69) is 20.5 Å². The number of rotatable bonds is 4. The van der Waals surface area contributed by atoms with Crippen molar-refractivity contribution in [2.45, 2.75) is 0 Å². The molecule has 0 saturated heterocycles. The number of hydrogen-bond donors (Lipinski definition) is 1. The second-order valence-electron chi connectivity index (χ2n) is 4.88. The van der Waals surface area contributed by atoms with E-state index in [4.69, 9.17) is 0 Å². The third kappa shape index (κ3) is 3.12. The van der Waals surface area contributed by atoms with Crippen LogP contribution in [0.25, 0.3) is 0 Å². The van der Waals surface area contributed by atoms with Gasteiger partial charge in [-0.15, -0.1) is 5.10 Å². The quantitative estimate of drug-likeness (QED) is 0.737. The summed E-state index contributed by atoms with van der Waals surface area (Å²) >= 11 is 0. The van der Waals surface area contributed by atoms with Crippen molar-refractivity contribution in [2.75, 3.05) is 17.3 Å². The van der Waals surface area contributed by atoms with E-state index in [0.717, 1.165) is 17.8 Å². The van der Waals surface area contributed by atoms with Crippen molar-refractivity contribution in [3.63, 3.8) is 0 Å². The Morgan fingerprint density at radius 1 is 0.958 bits per heavy atom. The predicted molar refractivity (Wildman–Crippen MR) is 83.9 cm³/mol. The lowest BCUT2D eigenvalue weighted by atomic mass is 10.3. The molecule has 0 radical (unpaired) electrons. The molecule has 0 aliphatic carbocycles. The van der Waals surface area contributed by atoms with Crippen LogP contribution in [-0.4, -0.2) is 22.2 Å². The summed E-state index contributed by atoms with van der Waals surface area (Å²) in [7, 11) is 1.78. The summed E-state index contributed by atoms with van der Waals surface area (Å²) in [6, 6.07) is 11.3. The summed E-state index contributed by atoms with van der Waals surface area (Å²) < 4.78 is 39.9. The highest BCUT2D eigenvalue weighted by molar-refractivity contribution is 5.60. The first-order valence-electron chi connectivity index (χ1n) is 6.95. The SMILES string of the molecule is CN(c1ccccc1)c1cnnc(Nc2ccc(F)c(F)c2F)n1. The van der Waals surface area contributed by atoms with Crippen LogP contribution >= 0.6 is 0 Å². The van der Waals surface area contributed by atoms with E-state index in [9.17, 15) is 13.2 Å². The van der Waals surface area contributed by atoms with Crippen LogP contribution in [0.15, 0.2) is 48.7 Å². The molecule has 5 nitrogen and oxygen atoms in total. The molecule has 1 N–H and O–H groups in total. The maximum atomic E-state index is 13.7. The van der Waals surface area contributed by atoms with Gasteiger partial charge in [-0.05, 0) is 24.3 Å². The number of nitrogens with zero attached hydrogens (tertiary/aromatic N) is 4. The normalized spacial score (nSPS) is 10.5. The van der Waals surface area contributed by atoms with Gasteiger partial charge < -0.3 is 10.2 Å². The molecular weight excluding hydrogens is 319 g/mol. The Labute approximate surface area is 135 Å². The predicted octanol–water partition coefficient (Wildman–Crippen LogP) is 3.80. The molecule has 0 atom stereocenters. The second-order valence-corrected chi connectivity index (χ2v) is 4.88. The van der Waals surface area contributed by atoms with Gasteiger partial charge in [0.1, 0.15) is 0 Å². The fourth-order valence-corrected chi connectivity index (χ4v) is 2.04. The Morgan fingerprint density at radius 3 is 2.46 bits per heavy atom. The van der Waals surface area contributed by atoms with E-state index >= 15 is 0 Å². The van der Waals surface area contributed by atoms with Gasteiger partial charge in [-0.3, -0.25) is 0 Å². The molecule has 0 spiro atoms. The molecule has 1 heterocycles. The zero-order valence-electron chi connectivity index (χ0n) is 12.5. The number of para-hydroxylation sites is 1. The monoisotopic (exact) mass is 331 g/mol. The molecule has 24 heavy (non-hydrogen) atoms. The minimum absolute atomic E-state index is 0.0415. The molecule has 122 valence electrons. The zero-order valence-corrected chi connectivity index (χ0v) is 12.5. The lowest BCUT2D eigenvalue weighted by Crippen LogP contribution is -2.13. The Balaban J connectivity index is 1.88. The molecule has 3 aromatic rings. The van der Waals surface area contributed by atoms with Crippen LogP contribution in [0, 0.1) is 17.5 Å². The third-order valence-electron chi connectivity index (χ3n) is 3.31. The minimum Gasteiger partial charge on any atom is -0.328 e. The topological polar surface area (TPSA) is 53.9 Å². The molecule has 0 aliphatic rings. The fourth-order valence-electron chi connectivity index (χ4n) is 2.04. The molecule has 0 fully saturated rings. The van der Waals surface area contributed by atoms with Gasteiger partial charge in [-0.1, -0.05) is 18.2 Å². The number of benzene rings is 2. The van der Waals surface area contributed by atoms with Gasteiger partial charge >= 0.3 is 0 Å². The summed E-state index contributed by atoms with van der Waals surface area (Å²) in [5, 5.41) is 10.0. The maximum absolute atomic E-state index is 13.7. The lowest BCUT2D eigenvalue weighted by Gasteiger charge is -2.18. The van der Waals surface area contributed by atoms with Crippen LogP contribution in [0.4, 0.5) is 36.3 Å². The first-order valence-corrected chi connectivity index (χ1v) is 6.95. The highest BCUT2D eigenvalue weighted by atomic mass is 19.2. The Bertz CT molecular complexity index is 858. The van der Waals surface area contributed by atoms with E-state index in [1.165, 1.54) is 6.20 Å². The zero-order chi connectivity index (χ0) is 17.1. The van der Waals surface area contributed by atoms with Crippen molar-refractivity contribution in [3.8, 4) is 0 Å². The molecule has 0 aliphatic heterocycles. The minimum atomic E-state index is -1.56. The number of aromatic nitrogens is 3. The van der Waals surface area contributed by atoms with Crippen LogP contribution in [-0.2, 0) is 0 Å². The first-order chi connectivity index (χ1) is 11.6. The van der Waals surface area contributed by atoms with E-state index in [-0.39, 0.29) is 11.6 Å². The Morgan fingerprint density at radius 2 is 1.71 bits per heavy atom. The Kier molecular flexibility index (Phi) is 4.28. The van der Waals surface area contributed by atoms with Crippen molar-refractivity contribution in [3.05, 3.63) is 66.1 Å². The van der Waals surface area contributed by atoms with Crippen molar-refractivity contribution >= 4 is 23.1 Å². The van der Waals surface area contributed by atoms with Crippen LogP contribution in [0.1, 0.15) is 0 Å². The molecule has 2 aromatic carbocycles. The van der Waals surface area contributed by atoms with Crippen LogP contribution in [0.5, 0.6) is 0 Å². The van der Waals surface area contributed by atoms with Crippen LogP contribution in [0.2, 0.25) is 0 Å². The van der Waals surface area contributed by atoms with Gasteiger partial charge in [0.2, 0.25) is 5.95 Å². The molecule has 3 rings (SSSR count). The van der Waals surface area contributed by atoms with E-state index in [0.29, 0.717) is 5.82 Å². The third-order valence-corrected chi connectivity index (χ3v) is 3.31. The van der Waals surface area contributed by atoms with E-state index in [1.807, 2.05) is 30.3 Å². The van der Waals surface area contributed by atoms with Gasteiger partial charge in [0.15, 0.2) is 23.3 Å². The summed E-state index contributed by atoms with van der Waals surface area (Å²) in [4.78, 5) is 5.95. The summed E-state index contributed by atoms with van der Waals surface area (Å²) in [6.45, 7) is 0. The molecule has 0 unspecified atom stereocenters. The van der Waals surface area contributed by atoms with Gasteiger partial charge in [0.05, 0.1) is 11.9 Å². The van der Waals surface area contributed by atoms with Crippen molar-refractivity contribution in [1.29, 1.82) is 0 Å². The molecule has 0 bridgehead atoms. The highest BCUT2D eigenvalue weighted by Gasteiger charge is 2.15. The lowest BCUT2D eigenvalue weighted by molar-refractivity contribution is 0.449. The standard InChI is InChI=1S/C16H12F3N5/c1-24(10-5-3-2-4-6-10)13-9-20-23-16(22-13)21-12-8-7-11(17)14(18)15(12)19/h2-9H,1H3,(H,21,22,23). The Hall–Kier alpha value is -3.16. The number of halogens is 3. The highest BCUT2D eigenvalue weighted by Crippen LogP contribution is 2.24. The molecule has 1 aromatic heterocycles. The molecular formula is C16H12F3N5. The van der Waals surface area contributed by atoms with Crippen molar-refractivity contribution in [2.24, 2.45) is 0 Å². The number of nitrogens with one attached hydrogen (secondary N) is 1. The summed E-state index contributed by atoms with van der Waals surface area (Å²) in [5.74, 6) is -3.78. The van der Waals surface area contributed by atoms with Gasteiger partial charge in [0.25, 0.3) is 0 Å². The van der Waals surface area contributed by atoms with Crippen molar-refractivity contribution < 1.29 is 13.2 Å². The fraction of sp³-hybridized carbons (Fsp3) is 0.0625. The smallest absolute Gasteiger partial charge is 0.249 e. The second kappa shape index (κ2) is 6.53.